The summed E-state index contributed by atoms with van der Waals surface area (Å²) in [6, 6.07) is 3.09. The second-order valence-corrected chi connectivity index (χ2v) is 5.15. The molecule has 4 nitrogen and oxygen atoms in total. The molecule has 1 atom stereocenters. The third-order valence-corrected chi connectivity index (χ3v) is 3.51. The van der Waals surface area contributed by atoms with E-state index in [9.17, 15) is 13.6 Å². The van der Waals surface area contributed by atoms with Gasteiger partial charge >= 0.3 is 0 Å². The van der Waals surface area contributed by atoms with Crippen LogP contribution in [0.15, 0.2) is 18.2 Å². The van der Waals surface area contributed by atoms with Crippen molar-refractivity contribution in [3.05, 3.63) is 29.8 Å². The highest BCUT2D eigenvalue weighted by molar-refractivity contribution is 5.92. The summed E-state index contributed by atoms with van der Waals surface area (Å²) in [5.41, 5.74) is 5.65. The molecular weight excluding hydrogens is 264 g/mol. The van der Waals surface area contributed by atoms with Crippen molar-refractivity contribution in [1.29, 1.82) is 0 Å². The van der Waals surface area contributed by atoms with Gasteiger partial charge in [-0.25, -0.2) is 8.78 Å². The number of halogens is 2. The number of nitrogens with one attached hydrogen (secondary N) is 1. The zero-order valence-corrected chi connectivity index (χ0v) is 11.2. The van der Waals surface area contributed by atoms with Crippen LogP contribution in [0, 0.1) is 17.6 Å². The van der Waals surface area contributed by atoms with E-state index in [1.807, 2.05) is 4.90 Å². The summed E-state index contributed by atoms with van der Waals surface area (Å²) in [5, 5.41) is 2.46. The summed E-state index contributed by atoms with van der Waals surface area (Å²) in [4.78, 5) is 13.9. The molecular formula is C14H19F2N3O. The van der Waals surface area contributed by atoms with Gasteiger partial charge < -0.3 is 11.1 Å². The summed E-state index contributed by atoms with van der Waals surface area (Å²) < 4.78 is 26.2. The first-order valence-electron chi connectivity index (χ1n) is 6.76. The SMILES string of the molecule is NCC1CCCN(CC(=O)Nc2ccc(F)cc2F)C1. The van der Waals surface area contributed by atoms with Crippen molar-refractivity contribution in [3.63, 3.8) is 0 Å². The Balaban J connectivity index is 1.88. The molecule has 1 aromatic carbocycles. The van der Waals surface area contributed by atoms with Gasteiger partial charge in [-0.15, -0.1) is 0 Å². The largest absolute Gasteiger partial charge is 0.330 e. The predicted molar refractivity (Wildman–Crippen MR) is 73.2 cm³/mol. The zero-order chi connectivity index (χ0) is 14.5. The van der Waals surface area contributed by atoms with E-state index >= 15 is 0 Å². The summed E-state index contributed by atoms with van der Waals surface area (Å²) >= 11 is 0. The Morgan fingerprint density at radius 1 is 1.45 bits per heavy atom. The van der Waals surface area contributed by atoms with Crippen molar-refractivity contribution in [2.75, 3.05) is 31.5 Å². The minimum Gasteiger partial charge on any atom is -0.330 e. The van der Waals surface area contributed by atoms with Crippen LogP contribution in [0.5, 0.6) is 0 Å². The van der Waals surface area contributed by atoms with Gasteiger partial charge in [0.1, 0.15) is 11.6 Å². The number of hydrogen-bond donors (Lipinski definition) is 2. The molecule has 0 spiro atoms. The Morgan fingerprint density at radius 3 is 2.95 bits per heavy atom. The van der Waals surface area contributed by atoms with Crippen LogP contribution in [0.1, 0.15) is 12.8 Å². The highest BCUT2D eigenvalue weighted by Crippen LogP contribution is 2.17. The van der Waals surface area contributed by atoms with Gasteiger partial charge in [0.05, 0.1) is 12.2 Å². The van der Waals surface area contributed by atoms with E-state index < -0.39 is 11.6 Å². The Bertz CT molecular complexity index is 481. The number of likely N-dealkylation sites (tertiary alicyclic amines) is 1. The van der Waals surface area contributed by atoms with E-state index in [-0.39, 0.29) is 18.1 Å². The molecule has 1 aliphatic rings. The van der Waals surface area contributed by atoms with Crippen molar-refractivity contribution in [2.24, 2.45) is 11.7 Å². The number of rotatable bonds is 4. The lowest BCUT2D eigenvalue weighted by Gasteiger charge is -2.31. The van der Waals surface area contributed by atoms with Gasteiger partial charge in [-0.2, -0.15) is 0 Å². The number of benzene rings is 1. The first-order valence-corrected chi connectivity index (χ1v) is 6.76. The van der Waals surface area contributed by atoms with E-state index in [0.29, 0.717) is 12.5 Å². The molecule has 6 heteroatoms. The molecule has 1 saturated heterocycles. The second-order valence-electron chi connectivity index (χ2n) is 5.15. The van der Waals surface area contributed by atoms with Crippen molar-refractivity contribution in [2.45, 2.75) is 12.8 Å². The Labute approximate surface area is 116 Å². The third kappa shape index (κ3) is 3.98. The van der Waals surface area contributed by atoms with Crippen LogP contribution >= 0.6 is 0 Å². The van der Waals surface area contributed by atoms with Gasteiger partial charge in [-0.1, -0.05) is 0 Å². The quantitative estimate of drug-likeness (QED) is 0.882. The van der Waals surface area contributed by atoms with Crippen LogP contribution in [-0.4, -0.2) is 37.0 Å². The zero-order valence-electron chi connectivity index (χ0n) is 11.2. The molecule has 1 aromatic rings. The van der Waals surface area contributed by atoms with Crippen LogP contribution in [0.2, 0.25) is 0 Å². The van der Waals surface area contributed by atoms with E-state index in [4.69, 9.17) is 5.73 Å². The van der Waals surface area contributed by atoms with Crippen LogP contribution in [0.3, 0.4) is 0 Å². The molecule has 0 radical (unpaired) electrons. The van der Waals surface area contributed by atoms with Crippen LogP contribution in [0.25, 0.3) is 0 Å². The highest BCUT2D eigenvalue weighted by Gasteiger charge is 2.20. The first kappa shape index (κ1) is 14.9. The minimum atomic E-state index is -0.767. The lowest BCUT2D eigenvalue weighted by Crippen LogP contribution is -2.42. The standard InChI is InChI=1S/C14H19F2N3O/c15-11-3-4-13(12(16)6-11)18-14(20)9-19-5-1-2-10(7-17)8-19/h3-4,6,10H,1-2,5,7-9,17H2,(H,18,20). The molecule has 1 fully saturated rings. The average molecular weight is 283 g/mol. The maximum atomic E-state index is 13.4. The molecule has 0 aliphatic carbocycles. The molecule has 110 valence electrons. The van der Waals surface area contributed by atoms with Crippen LogP contribution in [-0.2, 0) is 4.79 Å². The van der Waals surface area contributed by atoms with E-state index in [1.54, 1.807) is 0 Å². The molecule has 3 N–H and O–H groups in total. The normalized spacial score (nSPS) is 19.9. The van der Waals surface area contributed by atoms with E-state index in [2.05, 4.69) is 5.32 Å². The van der Waals surface area contributed by atoms with Gasteiger partial charge in [0, 0.05) is 12.6 Å². The molecule has 0 saturated carbocycles. The maximum Gasteiger partial charge on any atom is 0.238 e. The number of nitrogens with zero attached hydrogens (tertiary/aromatic N) is 1. The summed E-state index contributed by atoms with van der Waals surface area (Å²) in [6.07, 6.45) is 2.10. The number of nitrogens with two attached hydrogens (primary N) is 1. The number of carbonyl (C=O) groups excluding carboxylic acids is 1. The highest BCUT2D eigenvalue weighted by atomic mass is 19.1. The smallest absolute Gasteiger partial charge is 0.238 e. The topological polar surface area (TPSA) is 58.4 Å². The maximum absolute atomic E-state index is 13.4. The van der Waals surface area contributed by atoms with Crippen LogP contribution in [0.4, 0.5) is 14.5 Å². The molecule has 20 heavy (non-hydrogen) atoms. The first-order chi connectivity index (χ1) is 9.58. The summed E-state index contributed by atoms with van der Waals surface area (Å²) in [7, 11) is 0. The molecule has 2 rings (SSSR count). The lowest BCUT2D eigenvalue weighted by atomic mass is 9.98. The molecule has 1 heterocycles. The molecule has 0 bridgehead atoms. The van der Waals surface area contributed by atoms with Crippen LogP contribution < -0.4 is 11.1 Å². The van der Waals surface area contributed by atoms with Gasteiger partial charge in [0.25, 0.3) is 0 Å². The van der Waals surface area contributed by atoms with Gasteiger partial charge in [-0.3, -0.25) is 9.69 Å². The second kappa shape index (κ2) is 6.76. The number of amides is 1. The van der Waals surface area contributed by atoms with Crippen molar-refractivity contribution in [1.82, 2.24) is 4.90 Å². The summed E-state index contributed by atoms with van der Waals surface area (Å²) in [6.45, 7) is 2.45. The van der Waals surface area contributed by atoms with Gasteiger partial charge in [-0.05, 0) is 44.0 Å². The number of carbonyl (C=O) groups is 1. The Hall–Kier alpha value is -1.53. The van der Waals surface area contributed by atoms with Crippen molar-refractivity contribution in [3.8, 4) is 0 Å². The molecule has 1 aliphatic heterocycles. The molecule has 1 unspecified atom stereocenters. The van der Waals surface area contributed by atoms with Crippen molar-refractivity contribution >= 4 is 11.6 Å². The Kier molecular flexibility index (Phi) is 5.03. The summed E-state index contributed by atoms with van der Waals surface area (Å²) in [5.74, 6) is -1.31. The van der Waals surface area contributed by atoms with E-state index in [1.165, 1.54) is 6.07 Å². The fourth-order valence-corrected chi connectivity index (χ4v) is 2.47. The minimum absolute atomic E-state index is 0.00350. The number of piperidine rings is 1. The fraction of sp³-hybridized carbons (Fsp3) is 0.500. The van der Waals surface area contributed by atoms with Gasteiger partial charge in [0.2, 0.25) is 5.91 Å². The fourth-order valence-electron chi connectivity index (χ4n) is 2.47. The molecule has 1 amide bonds. The molecule has 0 aromatic heterocycles. The monoisotopic (exact) mass is 283 g/mol. The number of hydrogen-bond acceptors (Lipinski definition) is 3. The van der Waals surface area contributed by atoms with Crippen molar-refractivity contribution < 1.29 is 13.6 Å². The Morgan fingerprint density at radius 2 is 2.25 bits per heavy atom. The predicted octanol–water partition coefficient (Wildman–Crippen LogP) is 1.57. The number of anilines is 1. The average Bonchev–Trinajstić information content (AvgIpc) is 2.42. The van der Waals surface area contributed by atoms with E-state index in [0.717, 1.165) is 38.1 Å². The third-order valence-electron chi connectivity index (χ3n) is 3.51. The van der Waals surface area contributed by atoms with Gasteiger partial charge in [0.15, 0.2) is 0 Å². The lowest BCUT2D eigenvalue weighted by molar-refractivity contribution is -0.117.